The number of anilines is 1. The first kappa shape index (κ1) is 18.5. The fraction of sp³-hybridized carbons (Fsp3) is 0.143. The molecular weight excluding hydrogens is 366 g/mol. The van der Waals surface area contributed by atoms with E-state index in [4.69, 9.17) is 11.6 Å². The Balaban J connectivity index is 2.13. The summed E-state index contributed by atoms with van der Waals surface area (Å²) < 4.78 is 28.5. The van der Waals surface area contributed by atoms with Crippen LogP contribution in [0.2, 0.25) is 5.02 Å². The van der Waals surface area contributed by atoms with E-state index in [1.807, 2.05) is 55.5 Å². The van der Waals surface area contributed by atoms with Crippen LogP contribution < -0.4 is 4.31 Å². The minimum absolute atomic E-state index is 0.258. The second kappa shape index (κ2) is 7.52. The van der Waals surface area contributed by atoms with Gasteiger partial charge in [-0.25, -0.2) is 8.42 Å². The van der Waals surface area contributed by atoms with Crippen LogP contribution in [0.1, 0.15) is 16.7 Å². The molecule has 0 aliphatic rings. The van der Waals surface area contributed by atoms with Gasteiger partial charge in [0.15, 0.2) is 0 Å². The van der Waals surface area contributed by atoms with Gasteiger partial charge in [0.05, 0.1) is 17.1 Å². The van der Waals surface area contributed by atoms with Crippen LogP contribution in [0.15, 0.2) is 77.7 Å². The second-order valence-electron chi connectivity index (χ2n) is 6.20. The van der Waals surface area contributed by atoms with Crippen LogP contribution in [0.5, 0.6) is 0 Å². The Morgan fingerprint density at radius 1 is 0.846 bits per heavy atom. The lowest BCUT2D eigenvalue weighted by Gasteiger charge is -2.26. The number of hydrogen-bond donors (Lipinski definition) is 0. The molecule has 0 amide bonds. The molecule has 0 atom stereocenters. The van der Waals surface area contributed by atoms with Crippen molar-refractivity contribution in [2.75, 3.05) is 4.31 Å². The van der Waals surface area contributed by atoms with E-state index in [-0.39, 0.29) is 11.4 Å². The molecule has 0 aliphatic carbocycles. The first-order chi connectivity index (χ1) is 12.4. The van der Waals surface area contributed by atoms with Crippen LogP contribution in [0.4, 0.5) is 5.69 Å². The summed E-state index contributed by atoms with van der Waals surface area (Å²) in [6.45, 7) is 3.84. The van der Waals surface area contributed by atoms with E-state index in [1.165, 1.54) is 4.31 Å². The number of hydrogen-bond acceptors (Lipinski definition) is 2. The summed E-state index contributed by atoms with van der Waals surface area (Å²) in [4.78, 5) is 0.277. The van der Waals surface area contributed by atoms with E-state index >= 15 is 0 Å². The lowest BCUT2D eigenvalue weighted by Crippen LogP contribution is -2.31. The molecule has 3 nitrogen and oxygen atoms in total. The molecule has 3 rings (SSSR count). The maximum absolute atomic E-state index is 13.5. The molecule has 0 bridgehead atoms. The Labute approximate surface area is 159 Å². The highest BCUT2D eigenvalue weighted by atomic mass is 35.5. The zero-order chi connectivity index (χ0) is 18.7. The zero-order valence-electron chi connectivity index (χ0n) is 14.7. The lowest BCUT2D eigenvalue weighted by molar-refractivity contribution is 0.589. The van der Waals surface area contributed by atoms with E-state index < -0.39 is 10.0 Å². The minimum Gasteiger partial charge on any atom is -0.262 e. The maximum Gasteiger partial charge on any atom is 0.264 e. The number of benzene rings is 3. The largest absolute Gasteiger partial charge is 0.264 e. The summed E-state index contributed by atoms with van der Waals surface area (Å²) in [5.41, 5.74) is 2.92. The SMILES string of the molecule is Cc1cc(S(=O)(=O)N(Cc2ccccc2)c2ccccc2)c(C)cc1Cl. The number of halogens is 1. The fourth-order valence-electron chi connectivity index (χ4n) is 2.81. The average Bonchev–Trinajstić information content (AvgIpc) is 2.64. The number of nitrogens with zero attached hydrogens (tertiary/aromatic N) is 1. The molecule has 0 fully saturated rings. The smallest absolute Gasteiger partial charge is 0.262 e. The fourth-order valence-corrected chi connectivity index (χ4v) is 4.78. The third kappa shape index (κ3) is 3.76. The molecule has 0 spiro atoms. The maximum atomic E-state index is 13.5. The van der Waals surface area contributed by atoms with Gasteiger partial charge in [-0.3, -0.25) is 4.31 Å². The summed E-state index contributed by atoms with van der Waals surface area (Å²) in [5.74, 6) is 0. The van der Waals surface area contributed by atoms with Crippen molar-refractivity contribution in [2.45, 2.75) is 25.3 Å². The van der Waals surface area contributed by atoms with Crippen molar-refractivity contribution in [1.29, 1.82) is 0 Å². The highest BCUT2D eigenvalue weighted by molar-refractivity contribution is 7.92. The summed E-state index contributed by atoms with van der Waals surface area (Å²) in [6, 6.07) is 22.1. The van der Waals surface area contributed by atoms with E-state index in [0.29, 0.717) is 16.3 Å². The van der Waals surface area contributed by atoms with E-state index in [9.17, 15) is 8.42 Å². The molecule has 0 aliphatic heterocycles. The van der Waals surface area contributed by atoms with Crippen LogP contribution in [0, 0.1) is 13.8 Å². The predicted molar refractivity (Wildman–Crippen MR) is 107 cm³/mol. The number of aryl methyl sites for hydroxylation is 2. The van der Waals surface area contributed by atoms with Crippen molar-refractivity contribution in [3.8, 4) is 0 Å². The Morgan fingerprint density at radius 2 is 1.42 bits per heavy atom. The summed E-state index contributed by atoms with van der Waals surface area (Å²) in [6.07, 6.45) is 0. The van der Waals surface area contributed by atoms with Crippen LogP contribution in [0.3, 0.4) is 0 Å². The van der Waals surface area contributed by atoms with Crippen LogP contribution in [-0.2, 0) is 16.6 Å². The van der Waals surface area contributed by atoms with Crippen LogP contribution in [0.25, 0.3) is 0 Å². The van der Waals surface area contributed by atoms with Gasteiger partial charge in [-0.05, 0) is 54.8 Å². The molecule has 5 heteroatoms. The molecule has 3 aromatic rings. The first-order valence-corrected chi connectivity index (χ1v) is 10.1. The van der Waals surface area contributed by atoms with Gasteiger partial charge in [-0.2, -0.15) is 0 Å². The Hall–Kier alpha value is -2.30. The first-order valence-electron chi connectivity index (χ1n) is 8.28. The highest BCUT2D eigenvalue weighted by Gasteiger charge is 2.27. The molecule has 0 N–H and O–H groups in total. The Morgan fingerprint density at radius 3 is 2.04 bits per heavy atom. The topological polar surface area (TPSA) is 37.4 Å². The Kier molecular flexibility index (Phi) is 5.35. The van der Waals surface area contributed by atoms with Crippen molar-refractivity contribution in [3.05, 3.63) is 94.5 Å². The van der Waals surface area contributed by atoms with Crippen molar-refractivity contribution >= 4 is 27.3 Å². The van der Waals surface area contributed by atoms with Gasteiger partial charge in [0.2, 0.25) is 0 Å². The van der Waals surface area contributed by atoms with Gasteiger partial charge >= 0.3 is 0 Å². The van der Waals surface area contributed by atoms with Gasteiger partial charge in [0.1, 0.15) is 0 Å². The van der Waals surface area contributed by atoms with Crippen molar-refractivity contribution in [3.63, 3.8) is 0 Å². The third-order valence-electron chi connectivity index (χ3n) is 4.24. The molecule has 26 heavy (non-hydrogen) atoms. The Bertz CT molecular complexity index is 1000. The summed E-state index contributed by atoms with van der Waals surface area (Å²) >= 11 is 6.15. The zero-order valence-corrected chi connectivity index (χ0v) is 16.3. The van der Waals surface area contributed by atoms with E-state index in [0.717, 1.165) is 11.1 Å². The van der Waals surface area contributed by atoms with Gasteiger partial charge < -0.3 is 0 Å². The van der Waals surface area contributed by atoms with Gasteiger partial charge in [0, 0.05) is 5.02 Å². The summed E-state index contributed by atoms with van der Waals surface area (Å²) in [7, 11) is -3.75. The normalized spacial score (nSPS) is 11.3. The molecule has 0 aromatic heterocycles. The van der Waals surface area contributed by atoms with E-state index in [1.54, 1.807) is 31.2 Å². The molecule has 3 aromatic carbocycles. The van der Waals surface area contributed by atoms with Crippen LogP contribution in [-0.4, -0.2) is 8.42 Å². The van der Waals surface area contributed by atoms with Crippen molar-refractivity contribution in [2.24, 2.45) is 0 Å². The molecule has 134 valence electrons. The van der Waals surface area contributed by atoms with Crippen molar-refractivity contribution in [1.82, 2.24) is 0 Å². The quantitative estimate of drug-likeness (QED) is 0.593. The number of para-hydroxylation sites is 1. The minimum atomic E-state index is -3.75. The molecule has 0 saturated carbocycles. The monoisotopic (exact) mass is 385 g/mol. The highest BCUT2D eigenvalue weighted by Crippen LogP contribution is 2.30. The molecular formula is C21H20ClNO2S. The molecule has 0 heterocycles. The second-order valence-corrected chi connectivity index (χ2v) is 8.44. The third-order valence-corrected chi connectivity index (χ3v) is 6.56. The average molecular weight is 386 g/mol. The van der Waals surface area contributed by atoms with Gasteiger partial charge in [0.25, 0.3) is 10.0 Å². The van der Waals surface area contributed by atoms with Crippen molar-refractivity contribution < 1.29 is 8.42 Å². The van der Waals surface area contributed by atoms with E-state index in [2.05, 4.69) is 0 Å². The molecule has 0 saturated heterocycles. The summed E-state index contributed by atoms with van der Waals surface area (Å²) in [5, 5.41) is 0.566. The van der Waals surface area contributed by atoms with Gasteiger partial charge in [-0.15, -0.1) is 0 Å². The molecule has 0 unspecified atom stereocenters. The number of rotatable bonds is 5. The lowest BCUT2D eigenvalue weighted by atomic mass is 10.2. The van der Waals surface area contributed by atoms with Gasteiger partial charge in [-0.1, -0.05) is 60.1 Å². The standard InChI is InChI=1S/C21H20ClNO2S/c1-16-14-21(17(2)13-20(16)22)26(24,25)23(19-11-7-4-8-12-19)15-18-9-5-3-6-10-18/h3-14H,15H2,1-2H3. The molecule has 0 radical (unpaired) electrons. The number of sulfonamides is 1. The van der Waals surface area contributed by atoms with Crippen LogP contribution >= 0.6 is 11.6 Å². The predicted octanol–water partition coefficient (Wildman–Crippen LogP) is 5.35.